The highest BCUT2D eigenvalue weighted by Crippen LogP contribution is 2.22. The van der Waals surface area contributed by atoms with Gasteiger partial charge < -0.3 is 5.32 Å². The molecule has 0 radical (unpaired) electrons. The average Bonchev–Trinajstić information content (AvgIpc) is 2.54. The summed E-state index contributed by atoms with van der Waals surface area (Å²) in [6, 6.07) is 17.7. The lowest BCUT2D eigenvalue weighted by atomic mass is 10.0. The number of amides is 1. The second-order valence-corrected chi connectivity index (χ2v) is 4.57. The van der Waals surface area contributed by atoms with Crippen LogP contribution in [0.5, 0.6) is 0 Å². The Morgan fingerprint density at radius 3 is 2.50 bits per heavy atom. The molecule has 98 valence electrons. The predicted molar refractivity (Wildman–Crippen MR) is 80.6 cm³/mol. The third kappa shape index (κ3) is 2.26. The zero-order valence-corrected chi connectivity index (χ0v) is 11.1. The molecule has 3 nitrogen and oxygen atoms in total. The number of fused-ring (bicyclic) bond motifs is 1. The summed E-state index contributed by atoms with van der Waals surface area (Å²) in [6.07, 6.45) is 1.86. The van der Waals surface area contributed by atoms with Crippen molar-refractivity contribution >= 4 is 16.8 Å². The van der Waals surface area contributed by atoms with Crippen molar-refractivity contribution in [3.63, 3.8) is 0 Å². The van der Waals surface area contributed by atoms with E-state index in [0.717, 1.165) is 22.0 Å². The van der Waals surface area contributed by atoms with E-state index >= 15 is 0 Å². The van der Waals surface area contributed by atoms with Crippen molar-refractivity contribution < 1.29 is 4.79 Å². The summed E-state index contributed by atoms with van der Waals surface area (Å²) in [5.74, 6) is -0.0758. The van der Waals surface area contributed by atoms with Crippen molar-refractivity contribution in [2.75, 3.05) is 7.05 Å². The second kappa shape index (κ2) is 5.13. The van der Waals surface area contributed by atoms with Gasteiger partial charge in [0, 0.05) is 29.8 Å². The van der Waals surface area contributed by atoms with Crippen LogP contribution in [0.25, 0.3) is 22.0 Å². The highest BCUT2D eigenvalue weighted by Gasteiger charge is 2.04. The van der Waals surface area contributed by atoms with Crippen LogP contribution >= 0.6 is 0 Å². The van der Waals surface area contributed by atoms with Crippen molar-refractivity contribution in [3.8, 4) is 11.1 Å². The minimum Gasteiger partial charge on any atom is -0.355 e. The first-order valence-electron chi connectivity index (χ1n) is 6.45. The van der Waals surface area contributed by atoms with E-state index in [1.807, 2.05) is 54.7 Å². The third-order valence-electron chi connectivity index (χ3n) is 3.30. The van der Waals surface area contributed by atoms with Crippen LogP contribution in [0.1, 0.15) is 10.4 Å². The predicted octanol–water partition coefficient (Wildman–Crippen LogP) is 3.26. The van der Waals surface area contributed by atoms with Crippen LogP contribution in [0, 0.1) is 0 Å². The molecule has 0 saturated carbocycles. The van der Waals surface area contributed by atoms with Crippen LogP contribution < -0.4 is 5.32 Å². The van der Waals surface area contributed by atoms with Gasteiger partial charge in [-0.3, -0.25) is 9.78 Å². The first-order valence-corrected chi connectivity index (χ1v) is 6.45. The molecule has 1 heterocycles. The maximum atomic E-state index is 11.5. The van der Waals surface area contributed by atoms with Crippen molar-refractivity contribution in [1.29, 1.82) is 0 Å². The molecule has 0 atom stereocenters. The topological polar surface area (TPSA) is 42.0 Å². The molecule has 0 saturated heterocycles. The summed E-state index contributed by atoms with van der Waals surface area (Å²) in [4.78, 5) is 16.0. The summed E-state index contributed by atoms with van der Waals surface area (Å²) in [6.45, 7) is 0. The number of benzene rings is 2. The van der Waals surface area contributed by atoms with Crippen molar-refractivity contribution in [3.05, 3.63) is 66.4 Å². The molecule has 2 aromatic carbocycles. The first-order chi connectivity index (χ1) is 9.78. The highest BCUT2D eigenvalue weighted by atomic mass is 16.1. The number of nitrogens with one attached hydrogen (secondary N) is 1. The number of hydrogen-bond acceptors (Lipinski definition) is 2. The van der Waals surface area contributed by atoms with Gasteiger partial charge >= 0.3 is 0 Å². The molecule has 0 spiro atoms. The van der Waals surface area contributed by atoms with E-state index in [-0.39, 0.29) is 5.91 Å². The molecule has 3 rings (SSSR count). The Morgan fingerprint density at radius 2 is 1.75 bits per heavy atom. The van der Waals surface area contributed by atoms with Crippen LogP contribution in [0.2, 0.25) is 0 Å². The number of aromatic nitrogens is 1. The minimum absolute atomic E-state index is 0.0758. The lowest BCUT2D eigenvalue weighted by molar-refractivity contribution is 0.0963. The maximum absolute atomic E-state index is 11.5. The molecule has 1 amide bonds. The largest absolute Gasteiger partial charge is 0.355 e. The fraction of sp³-hybridized carbons (Fsp3) is 0.0588. The van der Waals surface area contributed by atoms with E-state index < -0.39 is 0 Å². The monoisotopic (exact) mass is 262 g/mol. The first kappa shape index (κ1) is 12.4. The zero-order valence-electron chi connectivity index (χ0n) is 11.1. The molecule has 3 aromatic rings. The maximum Gasteiger partial charge on any atom is 0.251 e. The molecule has 0 fully saturated rings. The number of carbonyl (C=O) groups is 1. The number of carbonyl (C=O) groups excluding carboxylic acids is 1. The van der Waals surface area contributed by atoms with E-state index in [1.54, 1.807) is 7.05 Å². The number of pyridine rings is 1. The van der Waals surface area contributed by atoms with E-state index in [0.29, 0.717) is 5.56 Å². The van der Waals surface area contributed by atoms with Gasteiger partial charge in [0.1, 0.15) is 0 Å². The van der Waals surface area contributed by atoms with Crippen molar-refractivity contribution in [1.82, 2.24) is 10.3 Å². The molecule has 20 heavy (non-hydrogen) atoms. The molecule has 3 heteroatoms. The molecule has 0 aliphatic rings. The van der Waals surface area contributed by atoms with Crippen LogP contribution in [0.3, 0.4) is 0 Å². The van der Waals surface area contributed by atoms with Gasteiger partial charge in [-0.15, -0.1) is 0 Å². The van der Waals surface area contributed by atoms with E-state index in [9.17, 15) is 4.79 Å². The van der Waals surface area contributed by atoms with Gasteiger partial charge in [0.2, 0.25) is 0 Å². The summed E-state index contributed by atoms with van der Waals surface area (Å²) in [7, 11) is 1.63. The van der Waals surface area contributed by atoms with Gasteiger partial charge in [-0.2, -0.15) is 0 Å². The highest BCUT2D eigenvalue weighted by molar-refractivity contribution is 5.94. The smallest absolute Gasteiger partial charge is 0.251 e. The van der Waals surface area contributed by atoms with Crippen LogP contribution in [-0.2, 0) is 0 Å². The summed E-state index contributed by atoms with van der Waals surface area (Å²) < 4.78 is 0. The molecule has 1 N–H and O–H groups in total. The van der Waals surface area contributed by atoms with Gasteiger partial charge in [0.15, 0.2) is 0 Å². The number of rotatable bonds is 2. The van der Waals surface area contributed by atoms with Gasteiger partial charge in [0.25, 0.3) is 5.91 Å². The molecular weight excluding hydrogens is 248 g/mol. The van der Waals surface area contributed by atoms with Crippen LogP contribution in [0.4, 0.5) is 0 Å². The quantitative estimate of drug-likeness (QED) is 0.770. The molecule has 0 bridgehead atoms. The lowest BCUT2D eigenvalue weighted by Gasteiger charge is -2.05. The molecule has 1 aromatic heterocycles. The number of para-hydroxylation sites is 1. The SMILES string of the molecule is CNC(=O)c1ccc(-c2cnc3ccccc3c2)cc1. The Bertz CT molecular complexity index is 763. The summed E-state index contributed by atoms with van der Waals surface area (Å²) in [5.41, 5.74) is 3.74. The minimum atomic E-state index is -0.0758. The Labute approximate surface area is 117 Å². The van der Waals surface area contributed by atoms with E-state index in [2.05, 4.69) is 16.4 Å². The van der Waals surface area contributed by atoms with Gasteiger partial charge in [-0.25, -0.2) is 0 Å². The Morgan fingerprint density at radius 1 is 1.00 bits per heavy atom. The Kier molecular flexibility index (Phi) is 3.17. The van der Waals surface area contributed by atoms with E-state index in [1.165, 1.54) is 0 Å². The average molecular weight is 262 g/mol. The lowest BCUT2D eigenvalue weighted by Crippen LogP contribution is -2.17. The summed E-state index contributed by atoms with van der Waals surface area (Å²) in [5, 5.41) is 3.72. The summed E-state index contributed by atoms with van der Waals surface area (Å²) >= 11 is 0. The molecular formula is C17H14N2O. The third-order valence-corrected chi connectivity index (χ3v) is 3.30. The normalized spacial score (nSPS) is 10.4. The fourth-order valence-electron chi connectivity index (χ4n) is 2.19. The van der Waals surface area contributed by atoms with Crippen molar-refractivity contribution in [2.45, 2.75) is 0 Å². The van der Waals surface area contributed by atoms with Gasteiger partial charge in [0.05, 0.1) is 5.52 Å². The van der Waals surface area contributed by atoms with Crippen LogP contribution in [0.15, 0.2) is 60.8 Å². The Balaban J connectivity index is 2.00. The molecule has 0 unspecified atom stereocenters. The van der Waals surface area contributed by atoms with Crippen LogP contribution in [-0.4, -0.2) is 17.9 Å². The molecule has 0 aliphatic heterocycles. The molecule has 0 aliphatic carbocycles. The second-order valence-electron chi connectivity index (χ2n) is 4.57. The zero-order chi connectivity index (χ0) is 13.9. The number of nitrogens with zero attached hydrogens (tertiary/aromatic N) is 1. The van der Waals surface area contributed by atoms with Gasteiger partial charge in [-0.1, -0.05) is 30.3 Å². The number of hydrogen-bond donors (Lipinski definition) is 1. The Hall–Kier alpha value is -2.68. The van der Waals surface area contributed by atoms with Crippen molar-refractivity contribution in [2.24, 2.45) is 0 Å². The fourth-order valence-corrected chi connectivity index (χ4v) is 2.19. The van der Waals surface area contributed by atoms with E-state index in [4.69, 9.17) is 0 Å². The standard InChI is InChI=1S/C17H14N2O/c1-18-17(20)13-8-6-12(7-9-13)15-10-14-4-2-3-5-16(14)19-11-15/h2-11H,1H3,(H,18,20). The van der Waals surface area contributed by atoms with Gasteiger partial charge in [-0.05, 0) is 29.8 Å².